The largest absolute Gasteiger partial charge is 0.432 e. The summed E-state index contributed by atoms with van der Waals surface area (Å²) in [6, 6.07) is 7.47. The van der Waals surface area contributed by atoms with Crippen molar-refractivity contribution in [2.45, 2.75) is 0 Å². The van der Waals surface area contributed by atoms with Gasteiger partial charge in [0.15, 0.2) is 0 Å². The van der Waals surface area contributed by atoms with Gasteiger partial charge < -0.3 is 4.74 Å². The normalized spacial score (nSPS) is 14.8. The van der Waals surface area contributed by atoms with Gasteiger partial charge in [0.05, 0.1) is 5.36 Å². The Morgan fingerprint density at radius 2 is 2.17 bits per heavy atom. The first kappa shape index (κ1) is 7.03. The number of nitrogens with zero attached hydrogens (tertiary/aromatic N) is 1. The maximum atomic E-state index is 10.8. The molecule has 0 N–H and O–H groups in total. The first-order valence-electron chi connectivity index (χ1n) is 3.65. The van der Waals surface area contributed by atoms with Crippen molar-refractivity contribution in [2.75, 3.05) is 6.54 Å². The highest BCUT2D eigenvalue weighted by Crippen LogP contribution is 1.84. The number of para-hydroxylation sites is 1. The van der Waals surface area contributed by atoms with Crippen LogP contribution in [0.3, 0.4) is 0 Å². The van der Waals surface area contributed by atoms with Gasteiger partial charge in [0.25, 0.3) is 0 Å². The van der Waals surface area contributed by atoms with Crippen LogP contribution in [0.25, 0.3) is 6.26 Å². The van der Waals surface area contributed by atoms with Crippen LogP contribution in [0.15, 0.2) is 29.3 Å². The lowest BCUT2D eigenvalue weighted by Gasteiger charge is -1.88. The number of hydrogen-bond acceptors (Lipinski definition) is 3. The van der Waals surface area contributed by atoms with Crippen LogP contribution in [0.4, 0.5) is 0 Å². The minimum Gasteiger partial charge on any atom is -0.432 e. The van der Waals surface area contributed by atoms with Gasteiger partial charge in [-0.1, -0.05) is 12.1 Å². The zero-order valence-corrected chi connectivity index (χ0v) is 6.36. The molecule has 0 fully saturated rings. The van der Waals surface area contributed by atoms with Gasteiger partial charge in [-0.15, -0.1) is 0 Å². The van der Waals surface area contributed by atoms with Gasteiger partial charge >= 0.3 is 5.97 Å². The lowest BCUT2D eigenvalue weighted by molar-refractivity contribution is -0.134. The van der Waals surface area contributed by atoms with Gasteiger partial charge in [-0.25, -0.2) is 4.79 Å². The van der Waals surface area contributed by atoms with Gasteiger partial charge in [0.2, 0.25) is 0 Å². The van der Waals surface area contributed by atoms with Crippen molar-refractivity contribution in [2.24, 2.45) is 4.99 Å². The fraction of sp³-hybridized carbons (Fsp3) is 0.111. The third-order valence-electron chi connectivity index (χ3n) is 1.63. The van der Waals surface area contributed by atoms with Crippen LogP contribution in [0.2, 0.25) is 0 Å². The molecule has 1 aliphatic rings. The summed E-state index contributed by atoms with van der Waals surface area (Å²) in [5.74, 6) is -0.314. The molecule has 60 valence electrons. The number of rotatable bonds is 0. The molecule has 0 radical (unpaired) electrons. The van der Waals surface area contributed by atoms with Crippen LogP contribution < -0.4 is 10.6 Å². The summed E-state index contributed by atoms with van der Waals surface area (Å²) >= 11 is 0. The molecule has 0 amide bonds. The number of esters is 1. The Morgan fingerprint density at radius 1 is 1.33 bits per heavy atom. The molecule has 0 atom stereocenters. The molecule has 0 spiro atoms. The fourth-order valence-electron chi connectivity index (χ4n) is 1.05. The summed E-state index contributed by atoms with van der Waals surface area (Å²) in [4.78, 5) is 14.9. The Balaban J connectivity index is 2.69. The summed E-state index contributed by atoms with van der Waals surface area (Å²) in [6.45, 7) is 0.105. The van der Waals surface area contributed by atoms with Crippen LogP contribution in [0.5, 0.6) is 0 Å². The summed E-state index contributed by atoms with van der Waals surface area (Å²) in [7, 11) is 0. The summed E-state index contributed by atoms with van der Waals surface area (Å²) in [6.07, 6.45) is 1.44. The molecule has 2 rings (SSSR count). The van der Waals surface area contributed by atoms with Crippen molar-refractivity contribution in [1.29, 1.82) is 0 Å². The zero-order chi connectivity index (χ0) is 8.39. The Kier molecular flexibility index (Phi) is 1.63. The third-order valence-corrected chi connectivity index (χ3v) is 1.63. The van der Waals surface area contributed by atoms with E-state index in [1.165, 1.54) is 6.26 Å². The molecule has 1 heterocycles. The minimum atomic E-state index is -0.314. The number of cyclic esters (lactones) is 1. The lowest BCUT2D eigenvalue weighted by atomic mass is 10.3. The van der Waals surface area contributed by atoms with E-state index in [0.29, 0.717) is 0 Å². The second-order valence-corrected chi connectivity index (χ2v) is 2.48. The topological polar surface area (TPSA) is 38.7 Å². The van der Waals surface area contributed by atoms with E-state index in [1.807, 2.05) is 24.3 Å². The van der Waals surface area contributed by atoms with Gasteiger partial charge in [0, 0.05) is 5.22 Å². The second kappa shape index (κ2) is 2.77. The molecule has 3 heteroatoms. The van der Waals surface area contributed by atoms with Crippen LogP contribution in [0, 0.1) is 0 Å². The minimum absolute atomic E-state index is 0.105. The average molecular weight is 161 g/mol. The summed E-state index contributed by atoms with van der Waals surface area (Å²) in [5, 5.41) is 1.66. The highest BCUT2D eigenvalue weighted by molar-refractivity contribution is 5.74. The highest BCUT2D eigenvalue weighted by atomic mass is 16.5. The van der Waals surface area contributed by atoms with Gasteiger partial charge in [-0.3, -0.25) is 4.99 Å². The van der Waals surface area contributed by atoms with Crippen LogP contribution >= 0.6 is 0 Å². The number of carbonyl (C=O) groups excluding carboxylic acids is 1. The van der Waals surface area contributed by atoms with Crippen molar-refractivity contribution in [3.63, 3.8) is 0 Å². The second-order valence-electron chi connectivity index (χ2n) is 2.48. The smallest absolute Gasteiger partial charge is 0.332 e. The quantitative estimate of drug-likeness (QED) is 0.486. The van der Waals surface area contributed by atoms with E-state index in [9.17, 15) is 4.79 Å². The predicted molar refractivity (Wildman–Crippen MR) is 42.6 cm³/mol. The molecule has 1 aromatic rings. The van der Waals surface area contributed by atoms with Gasteiger partial charge in [-0.05, 0) is 12.1 Å². The zero-order valence-electron chi connectivity index (χ0n) is 6.36. The standard InChI is InChI=1S/C9H7NO2/c11-9-5-10-8-4-2-1-3-7(8)6-12-9/h1-4,6H,5H2. The molecule has 0 aliphatic carbocycles. The number of fused-ring (bicyclic) bond motifs is 1. The van der Waals surface area contributed by atoms with Crippen molar-refractivity contribution in [3.8, 4) is 0 Å². The molecule has 0 aromatic heterocycles. The fourth-order valence-corrected chi connectivity index (χ4v) is 1.05. The maximum absolute atomic E-state index is 10.8. The molecule has 0 unspecified atom stereocenters. The molecule has 1 aromatic carbocycles. The van der Waals surface area contributed by atoms with Crippen LogP contribution in [-0.4, -0.2) is 12.5 Å². The van der Waals surface area contributed by atoms with Crippen LogP contribution in [0.1, 0.15) is 0 Å². The van der Waals surface area contributed by atoms with E-state index < -0.39 is 0 Å². The molecular formula is C9H7NO2. The Labute approximate surface area is 69.0 Å². The summed E-state index contributed by atoms with van der Waals surface area (Å²) < 4.78 is 4.77. The molecule has 12 heavy (non-hydrogen) atoms. The Hall–Kier alpha value is -1.64. The molecule has 3 nitrogen and oxygen atoms in total. The van der Waals surface area contributed by atoms with E-state index in [-0.39, 0.29) is 12.5 Å². The SMILES string of the molecule is O=C1CN=c2ccccc2=CO1. The van der Waals surface area contributed by atoms with E-state index in [2.05, 4.69) is 4.99 Å². The van der Waals surface area contributed by atoms with Crippen molar-refractivity contribution >= 4 is 12.2 Å². The van der Waals surface area contributed by atoms with Crippen LogP contribution in [-0.2, 0) is 9.53 Å². The van der Waals surface area contributed by atoms with E-state index >= 15 is 0 Å². The van der Waals surface area contributed by atoms with E-state index in [0.717, 1.165) is 10.6 Å². The summed E-state index contributed by atoms with van der Waals surface area (Å²) in [5.41, 5.74) is 0. The van der Waals surface area contributed by atoms with Crippen molar-refractivity contribution < 1.29 is 9.53 Å². The first-order chi connectivity index (χ1) is 5.86. The molecule has 0 saturated heterocycles. The molecule has 0 saturated carbocycles. The lowest BCUT2D eigenvalue weighted by Crippen LogP contribution is -2.23. The van der Waals surface area contributed by atoms with Crippen molar-refractivity contribution in [1.82, 2.24) is 0 Å². The Morgan fingerprint density at radius 3 is 3.08 bits per heavy atom. The van der Waals surface area contributed by atoms with E-state index in [1.54, 1.807) is 0 Å². The third kappa shape index (κ3) is 1.21. The number of benzene rings is 1. The van der Waals surface area contributed by atoms with Gasteiger partial charge in [-0.2, -0.15) is 0 Å². The van der Waals surface area contributed by atoms with Crippen molar-refractivity contribution in [3.05, 3.63) is 34.8 Å². The Bertz CT molecular complexity index is 383. The number of carbonyl (C=O) groups is 1. The highest BCUT2D eigenvalue weighted by Gasteiger charge is 2.01. The molecular weight excluding hydrogens is 154 g/mol. The van der Waals surface area contributed by atoms with E-state index in [4.69, 9.17) is 4.74 Å². The van der Waals surface area contributed by atoms with Gasteiger partial charge in [0.1, 0.15) is 12.8 Å². The first-order valence-corrected chi connectivity index (χ1v) is 3.65. The monoisotopic (exact) mass is 161 g/mol. The number of hydrogen-bond donors (Lipinski definition) is 0. The maximum Gasteiger partial charge on any atom is 0.332 e. The average Bonchev–Trinajstić information content (AvgIpc) is 2.29. The molecule has 0 bridgehead atoms. The predicted octanol–water partition coefficient (Wildman–Crippen LogP) is -0.399. The molecule has 1 aliphatic heterocycles. The number of ether oxygens (including phenoxy) is 1.